The number of hydrogen-bond acceptors (Lipinski definition) is 2. The molecule has 0 bridgehead atoms. The minimum atomic E-state index is -1.13. The van der Waals surface area contributed by atoms with Gasteiger partial charge in [-0.2, -0.15) is 0 Å². The summed E-state index contributed by atoms with van der Waals surface area (Å²) in [5.41, 5.74) is 0.132. The maximum Gasteiger partial charge on any atom is 0.329 e. The Kier molecular flexibility index (Phi) is 3.53. The summed E-state index contributed by atoms with van der Waals surface area (Å²) in [6.45, 7) is -0.685. The number of aliphatic carboxylic acids is 1. The van der Waals surface area contributed by atoms with Crippen molar-refractivity contribution >= 4 is 5.97 Å². The number of hydrogen-bond donors (Lipinski definition) is 1. The van der Waals surface area contributed by atoms with Crippen LogP contribution in [0.5, 0.6) is 0 Å². The summed E-state index contributed by atoms with van der Waals surface area (Å²) >= 11 is 0. The Morgan fingerprint density at radius 2 is 2.14 bits per heavy atom. The number of carbonyl (C=O) groups is 1. The normalized spacial score (nSPS) is 10.1. The molecule has 0 unspecified atom stereocenters. The average Bonchev–Trinajstić information content (AvgIpc) is 2.08. The number of carboxylic acids is 1. The summed E-state index contributed by atoms with van der Waals surface area (Å²) < 4.78 is 30.0. The Morgan fingerprint density at radius 1 is 1.43 bits per heavy atom. The van der Waals surface area contributed by atoms with Gasteiger partial charge in [0.2, 0.25) is 0 Å². The fraction of sp³-hybridized carbons (Fsp3) is 0.222. The van der Waals surface area contributed by atoms with Crippen LogP contribution in [0.1, 0.15) is 5.56 Å². The van der Waals surface area contributed by atoms with Gasteiger partial charge in [0.05, 0.1) is 6.61 Å². The molecule has 14 heavy (non-hydrogen) atoms. The number of ether oxygens (including phenoxy) is 1. The highest BCUT2D eigenvalue weighted by Crippen LogP contribution is 2.10. The predicted molar refractivity (Wildman–Crippen MR) is 43.6 cm³/mol. The van der Waals surface area contributed by atoms with E-state index >= 15 is 0 Å². The lowest BCUT2D eigenvalue weighted by Crippen LogP contribution is -2.07. The van der Waals surface area contributed by atoms with Crippen molar-refractivity contribution in [2.45, 2.75) is 6.61 Å². The molecule has 0 aliphatic carbocycles. The van der Waals surface area contributed by atoms with Crippen LogP contribution >= 0.6 is 0 Å². The van der Waals surface area contributed by atoms with E-state index in [1.165, 1.54) is 6.07 Å². The molecule has 0 fully saturated rings. The van der Waals surface area contributed by atoms with Crippen LogP contribution in [0.2, 0.25) is 0 Å². The van der Waals surface area contributed by atoms with E-state index in [1.54, 1.807) is 0 Å². The summed E-state index contributed by atoms with van der Waals surface area (Å²) in [4.78, 5) is 10.0. The van der Waals surface area contributed by atoms with Gasteiger partial charge in [-0.1, -0.05) is 6.07 Å². The standard InChI is InChI=1S/C9H8F2O3/c10-7-2-1-6(8(11)3-7)4-14-5-9(12)13/h1-3H,4-5H2,(H,12,13). The maximum atomic E-state index is 12.9. The van der Waals surface area contributed by atoms with E-state index in [4.69, 9.17) is 5.11 Å². The van der Waals surface area contributed by atoms with Crippen LogP contribution in [0.3, 0.4) is 0 Å². The highest BCUT2D eigenvalue weighted by Gasteiger charge is 2.04. The van der Waals surface area contributed by atoms with E-state index in [2.05, 4.69) is 4.74 Å². The molecule has 0 heterocycles. The summed E-state index contributed by atoms with van der Waals surface area (Å²) in [5, 5.41) is 8.23. The van der Waals surface area contributed by atoms with Gasteiger partial charge in [0.15, 0.2) is 0 Å². The topological polar surface area (TPSA) is 46.5 Å². The summed E-state index contributed by atoms with van der Waals surface area (Å²) in [5.74, 6) is -2.55. The second kappa shape index (κ2) is 4.66. The molecule has 0 aromatic heterocycles. The van der Waals surface area contributed by atoms with Crippen molar-refractivity contribution in [2.24, 2.45) is 0 Å². The first kappa shape index (κ1) is 10.6. The molecule has 3 nitrogen and oxygen atoms in total. The van der Waals surface area contributed by atoms with Gasteiger partial charge in [-0.05, 0) is 6.07 Å². The van der Waals surface area contributed by atoms with Crippen molar-refractivity contribution in [3.05, 3.63) is 35.4 Å². The molecule has 0 atom stereocenters. The predicted octanol–water partition coefficient (Wildman–Crippen LogP) is 1.57. The third kappa shape index (κ3) is 3.10. The molecular weight excluding hydrogens is 194 g/mol. The van der Waals surface area contributed by atoms with Crippen LogP contribution in [0.4, 0.5) is 8.78 Å². The molecule has 1 aromatic carbocycles. The fourth-order valence-corrected chi connectivity index (χ4v) is 0.887. The Balaban J connectivity index is 2.55. The van der Waals surface area contributed by atoms with E-state index < -0.39 is 24.2 Å². The van der Waals surface area contributed by atoms with Gasteiger partial charge in [-0.25, -0.2) is 13.6 Å². The molecule has 76 valence electrons. The monoisotopic (exact) mass is 202 g/mol. The van der Waals surface area contributed by atoms with E-state index in [0.717, 1.165) is 12.1 Å². The van der Waals surface area contributed by atoms with Gasteiger partial charge < -0.3 is 9.84 Å². The zero-order valence-electron chi connectivity index (χ0n) is 7.17. The highest BCUT2D eigenvalue weighted by atomic mass is 19.1. The van der Waals surface area contributed by atoms with E-state index in [-0.39, 0.29) is 12.2 Å². The SMILES string of the molecule is O=C(O)COCc1ccc(F)cc1F. The molecular formula is C9H8F2O3. The van der Waals surface area contributed by atoms with Crippen molar-refractivity contribution in [2.75, 3.05) is 6.61 Å². The van der Waals surface area contributed by atoms with Gasteiger partial charge in [0.25, 0.3) is 0 Å². The fourth-order valence-electron chi connectivity index (χ4n) is 0.887. The van der Waals surface area contributed by atoms with E-state index in [0.29, 0.717) is 0 Å². The van der Waals surface area contributed by atoms with Crippen molar-refractivity contribution < 1.29 is 23.4 Å². The Hall–Kier alpha value is -1.49. The molecule has 1 aromatic rings. The van der Waals surface area contributed by atoms with Crippen LogP contribution in [-0.4, -0.2) is 17.7 Å². The Bertz CT molecular complexity index is 339. The molecule has 1 rings (SSSR count). The lowest BCUT2D eigenvalue weighted by Gasteiger charge is -2.02. The number of benzene rings is 1. The van der Waals surface area contributed by atoms with Crippen molar-refractivity contribution in [3.63, 3.8) is 0 Å². The first-order chi connectivity index (χ1) is 6.59. The average molecular weight is 202 g/mol. The molecule has 0 amide bonds. The summed E-state index contributed by atoms with van der Waals surface area (Å²) in [7, 11) is 0. The van der Waals surface area contributed by atoms with Gasteiger partial charge in [0, 0.05) is 11.6 Å². The molecule has 0 aliphatic heterocycles. The van der Waals surface area contributed by atoms with Crippen LogP contribution in [0, 0.1) is 11.6 Å². The third-order valence-electron chi connectivity index (χ3n) is 1.50. The molecule has 5 heteroatoms. The van der Waals surface area contributed by atoms with Gasteiger partial charge in [0.1, 0.15) is 18.2 Å². The van der Waals surface area contributed by atoms with Crippen molar-refractivity contribution in [3.8, 4) is 0 Å². The zero-order valence-corrected chi connectivity index (χ0v) is 7.17. The smallest absolute Gasteiger partial charge is 0.329 e. The lowest BCUT2D eigenvalue weighted by molar-refractivity contribution is -0.142. The Morgan fingerprint density at radius 3 is 2.71 bits per heavy atom. The molecule has 0 radical (unpaired) electrons. The minimum Gasteiger partial charge on any atom is -0.480 e. The quantitative estimate of drug-likeness (QED) is 0.805. The van der Waals surface area contributed by atoms with Crippen LogP contribution in [0.25, 0.3) is 0 Å². The number of carboxylic acid groups (broad SMARTS) is 1. The highest BCUT2D eigenvalue weighted by molar-refractivity contribution is 5.67. The largest absolute Gasteiger partial charge is 0.480 e. The number of rotatable bonds is 4. The van der Waals surface area contributed by atoms with Crippen molar-refractivity contribution in [1.82, 2.24) is 0 Å². The summed E-state index contributed by atoms with van der Waals surface area (Å²) in [6, 6.07) is 3.02. The molecule has 0 spiro atoms. The van der Waals surface area contributed by atoms with Crippen LogP contribution in [0.15, 0.2) is 18.2 Å². The second-order valence-corrected chi connectivity index (χ2v) is 2.62. The minimum absolute atomic E-state index is 0.132. The maximum absolute atomic E-state index is 12.9. The number of halogens is 2. The zero-order chi connectivity index (χ0) is 10.6. The Labute approximate surface area is 78.9 Å². The van der Waals surface area contributed by atoms with Gasteiger partial charge in [-0.15, -0.1) is 0 Å². The van der Waals surface area contributed by atoms with Crippen LogP contribution in [-0.2, 0) is 16.1 Å². The third-order valence-corrected chi connectivity index (χ3v) is 1.50. The van der Waals surface area contributed by atoms with E-state index in [9.17, 15) is 13.6 Å². The molecule has 1 N–H and O–H groups in total. The lowest BCUT2D eigenvalue weighted by atomic mass is 10.2. The second-order valence-electron chi connectivity index (χ2n) is 2.62. The van der Waals surface area contributed by atoms with Gasteiger partial charge in [-0.3, -0.25) is 0 Å². The molecule has 0 aliphatic rings. The summed E-state index contributed by atoms with van der Waals surface area (Å²) in [6.07, 6.45) is 0. The van der Waals surface area contributed by atoms with E-state index in [1.807, 2.05) is 0 Å². The molecule has 0 saturated carbocycles. The van der Waals surface area contributed by atoms with Gasteiger partial charge >= 0.3 is 5.97 Å². The first-order valence-electron chi connectivity index (χ1n) is 3.83. The molecule has 0 saturated heterocycles. The van der Waals surface area contributed by atoms with Crippen molar-refractivity contribution in [1.29, 1.82) is 0 Å². The first-order valence-corrected chi connectivity index (χ1v) is 3.83. The van der Waals surface area contributed by atoms with Crippen LogP contribution < -0.4 is 0 Å².